The number of benzene rings is 1. The maximum absolute atomic E-state index is 14.4. The Balaban J connectivity index is 0.00000181. The average molecular weight is 483 g/mol. The van der Waals surface area contributed by atoms with Gasteiger partial charge in [0.2, 0.25) is 0 Å². The normalized spacial score (nSPS) is 14.2. The zero-order chi connectivity index (χ0) is 21.1. The number of pyridine rings is 1. The van der Waals surface area contributed by atoms with Crippen LogP contribution in [0.15, 0.2) is 42.6 Å². The van der Waals surface area contributed by atoms with E-state index >= 15 is 0 Å². The number of likely N-dealkylation sites (tertiary alicyclic amines) is 1. The SMILES string of the molecule is COCCn1c(C(=O)N2CCC(c3cc(CN)ccc3F)CC2)cc2cccnc21.Cl.Cl. The molecule has 3 aromatic rings. The third kappa shape index (κ3) is 5.23. The van der Waals surface area contributed by atoms with Crippen molar-refractivity contribution in [1.29, 1.82) is 0 Å². The van der Waals surface area contributed by atoms with Crippen LogP contribution in [0, 0.1) is 5.82 Å². The van der Waals surface area contributed by atoms with Crippen molar-refractivity contribution in [3.05, 3.63) is 65.2 Å². The van der Waals surface area contributed by atoms with Gasteiger partial charge in [-0.2, -0.15) is 0 Å². The number of rotatable bonds is 6. The highest BCUT2D eigenvalue weighted by molar-refractivity contribution is 5.98. The second-order valence-corrected chi connectivity index (χ2v) is 7.72. The molecule has 32 heavy (non-hydrogen) atoms. The molecule has 1 saturated heterocycles. The molecule has 0 bridgehead atoms. The monoisotopic (exact) mass is 482 g/mol. The zero-order valence-corrected chi connectivity index (χ0v) is 19.6. The van der Waals surface area contributed by atoms with Gasteiger partial charge in [-0.25, -0.2) is 9.37 Å². The van der Waals surface area contributed by atoms with Crippen molar-refractivity contribution in [1.82, 2.24) is 14.5 Å². The summed E-state index contributed by atoms with van der Waals surface area (Å²) in [5.41, 5.74) is 8.76. The van der Waals surface area contributed by atoms with Crippen LogP contribution in [0.3, 0.4) is 0 Å². The standard InChI is InChI=1S/C23H27FN4O2.2ClH/c1-30-12-11-28-21(14-18-3-2-8-26-22(18)28)23(29)27-9-6-17(7-10-27)19-13-16(15-25)4-5-20(19)24;;/h2-5,8,13-14,17H,6-7,9-12,15,25H2,1H3;2*1H. The molecule has 0 atom stereocenters. The second kappa shape index (κ2) is 11.6. The maximum atomic E-state index is 14.4. The fourth-order valence-electron chi connectivity index (χ4n) is 4.26. The lowest BCUT2D eigenvalue weighted by molar-refractivity contribution is 0.0699. The molecule has 4 rings (SSSR count). The molecule has 0 radical (unpaired) electrons. The van der Waals surface area contributed by atoms with Gasteiger partial charge in [-0.05, 0) is 54.2 Å². The van der Waals surface area contributed by atoms with Gasteiger partial charge in [0.25, 0.3) is 5.91 Å². The number of ether oxygens (including phenoxy) is 1. The highest BCUT2D eigenvalue weighted by Gasteiger charge is 2.28. The molecule has 3 heterocycles. The minimum Gasteiger partial charge on any atom is -0.383 e. The molecule has 1 aliphatic heterocycles. The predicted molar refractivity (Wildman–Crippen MR) is 128 cm³/mol. The number of nitrogens with two attached hydrogens (primary N) is 1. The minimum atomic E-state index is -0.192. The van der Waals surface area contributed by atoms with Crippen molar-refractivity contribution in [3.8, 4) is 0 Å². The number of hydrogen-bond donors (Lipinski definition) is 1. The molecule has 9 heteroatoms. The molecule has 1 aliphatic rings. The summed E-state index contributed by atoms with van der Waals surface area (Å²) in [6, 6.07) is 10.8. The lowest BCUT2D eigenvalue weighted by Gasteiger charge is -2.32. The van der Waals surface area contributed by atoms with E-state index < -0.39 is 0 Å². The summed E-state index contributed by atoms with van der Waals surface area (Å²) in [7, 11) is 1.64. The van der Waals surface area contributed by atoms with Gasteiger partial charge in [0.15, 0.2) is 0 Å². The Morgan fingerprint density at radius 1 is 1.22 bits per heavy atom. The van der Waals surface area contributed by atoms with Crippen LogP contribution in [-0.4, -0.2) is 47.2 Å². The fraction of sp³-hybridized carbons (Fsp3) is 0.391. The number of aromatic nitrogens is 2. The predicted octanol–water partition coefficient (Wildman–Crippen LogP) is 4.14. The number of methoxy groups -OCH3 is 1. The highest BCUT2D eigenvalue weighted by Crippen LogP contribution is 2.31. The number of nitrogens with zero attached hydrogens (tertiary/aromatic N) is 3. The number of fused-ring (bicyclic) bond motifs is 1. The minimum absolute atomic E-state index is 0. The molecular weight excluding hydrogens is 454 g/mol. The van der Waals surface area contributed by atoms with E-state index in [9.17, 15) is 9.18 Å². The van der Waals surface area contributed by atoms with Crippen LogP contribution >= 0.6 is 24.8 Å². The Hall–Kier alpha value is -2.19. The molecular formula is C23H29Cl2FN4O2. The smallest absolute Gasteiger partial charge is 0.270 e. The summed E-state index contributed by atoms with van der Waals surface area (Å²) in [4.78, 5) is 19.6. The molecule has 1 aromatic carbocycles. The molecule has 2 aromatic heterocycles. The Bertz CT molecular complexity index is 1050. The van der Waals surface area contributed by atoms with Crippen LogP contribution in [0.2, 0.25) is 0 Å². The number of amides is 1. The molecule has 0 aliphatic carbocycles. The van der Waals surface area contributed by atoms with Gasteiger partial charge in [0.05, 0.1) is 6.61 Å². The lowest BCUT2D eigenvalue weighted by Crippen LogP contribution is -2.39. The molecule has 0 saturated carbocycles. The van der Waals surface area contributed by atoms with Crippen molar-refractivity contribution >= 4 is 41.8 Å². The first-order valence-electron chi connectivity index (χ1n) is 10.3. The van der Waals surface area contributed by atoms with E-state index in [4.69, 9.17) is 10.5 Å². The largest absolute Gasteiger partial charge is 0.383 e. The quantitative estimate of drug-likeness (QED) is 0.572. The van der Waals surface area contributed by atoms with Gasteiger partial charge in [0.1, 0.15) is 17.2 Å². The summed E-state index contributed by atoms with van der Waals surface area (Å²) in [5.74, 6) is -0.108. The topological polar surface area (TPSA) is 73.4 Å². The summed E-state index contributed by atoms with van der Waals surface area (Å²) in [6.07, 6.45) is 3.19. The van der Waals surface area contributed by atoms with Crippen LogP contribution in [0.4, 0.5) is 4.39 Å². The van der Waals surface area contributed by atoms with Crippen molar-refractivity contribution in [2.45, 2.75) is 31.8 Å². The highest BCUT2D eigenvalue weighted by atomic mass is 35.5. The van der Waals surface area contributed by atoms with E-state index in [0.29, 0.717) is 44.0 Å². The molecule has 0 unspecified atom stereocenters. The van der Waals surface area contributed by atoms with Gasteiger partial charge in [-0.3, -0.25) is 4.79 Å². The van der Waals surface area contributed by atoms with E-state index in [-0.39, 0.29) is 42.5 Å². The first-order valence-corrected chi connectivity index (χ1v) is 10.3. The number of hydrogen-bond acceptors (Lipinski definition) is 4. The summed E-state index contributed by atoms with van der Waals surface area (Å²) < 4.78 is 21.5. The van der Waals surface area contributed by atoms with Gasteiger partial charge in [-0.15, -0.1) is 24.8 Å². The van der Waals surface area contributed by atoms with E-state index in [1.807, 2.05) is 33.7 Å². The lowest BCUT2D eigenvalue weighted by atomic mass is 9.88. The average Bonchev–Trinajstić information content (AvgIpc) is 3.16. The first kappa shape index (κ1) is 26.1. The number of halogens is 3. The van der Waals surface area contributed by atoms with Gasteiger partial charge in [0, 0.05) is 44.9 Å². The van der Waals surface area contributed by atoms with Crippen LogP contribution in [-0.2, 0) is 17.8 Å². The van der Waals surface area contributed by atoms with Crippen molar-refractivity contribution < 1.29 is 13.9 Å². The second-order valence-electron chi connectivity index (χ2n) is 7.72. The molecule has 1 amide bonds. The first-order chi connectivity index (χ1) is 14.6. The Morgan fingerprint density at radius 3 is 2.66 bits per heavy atom. The van der Waals surface area contributed by atoms with Crippen molar-refractivity contribution in [2.24, 2.45) is 5.73 Å². The van der Waals surface area contributed by atoms with Crippen LogP contribution < -0.4 is 5.73 Å². The molecule has 0 spiro atoms. The Morgan fingerprint density at radius 2 is 1.97 bits per heavy atom. The Labute approximate surface area is 199 Å². The van der Waals surface area contributed by atoms with E-state index in [2.05, 4.69) is 4.98 Å². The summed E-state index contributed by atoms with van der Waals surface area (Å²) in [5, 5.41) is 0.938. The van der Waals surface area contributed by atoms with Crippen LogP contribution in [0.25, 0.3) is 11.0 Å². The third-order valence-electron chi connectivity index (χ3n) is 5.91. The van der Waals surface area contributed by atoms with Crippen LogP contribution in [0.1, 0.15) is 40.4 Å². The van der Waals surface area contributed by atoms with Crippen molar-refractivity contribution in [2.75, 3.05) is 26.8 Å². The number of carbonyl (C=O) groups is 1. The van der Waals surface area contributed by atoms with E-state index in [0.717, 1.165) is 29.4 Å². The third-order valence-corrected chi connectivity index (χ3v) is 5.91. The van der Waals surface area contributed by atoms with Crippen molar-refractivity contribution in [3.63, 3.8) is 0 Å². The van der Waals surface area contributed by atoms with Gasteiger partial charge < -0.3 is 19.9 Å². The molecule has 1 fully saturated rings. The molecule has 6 nitrogen and oxygen atoms in total. The molecule has 174 valence electrons. The summed E-state index contributed by atoms with van der Waals surface area (Å²) >= 11 is 0. The van der Waals surface area contributed by atoms with Gasteiger partial charge in [-0.1, -0.05) is 12.1 Å². The molecule has 2 N–H and O–H groups in total. The van der Waals surface area contributed by atoms with Crippen LogP contribution in [0.5, 0.6) is 0 Å². The summed E-state index contributed by atoms with van der Waals surface area (Å²) in [6.45, 7) is 2.64. The zero-order valence-electron chi connectivity index (χ0n) is 18.0. The fourth-order valence-corrected chi connectivity index (χ4v) is 4.26. The van der Waals surface area contributed by atoms with E-state index in [1.165, 1.54) is 6.07 Å². The Kier molecular flexibility index (Phi) is 9.46. The maximum Gasteiger partial charge on any atom is 0.270 e. The number of carbonyl (C=O) groups excluding carboxylic acids is 1. The van der Waals surface area contributed by atoms with Gasteiger partial charge >= 0.3 is 0 Å². The number of piperidine rings is 1. The van der Waals surface area contributed by atoms with E-state index in [1.54, 1.807) is 19.4 Å².